The lowest BCUT2D eigenvalue weighted by atomic mass is 9.87. The molecule has 0 radical (unpaired) electrons. The number of imidazole rings is 1. The molecule has 0 saturated heterocycles. The normalized spacial score (nSPS) is 18.5. The molecule has 1 amide bonds. The van der Waals surface area contributed by atoms with Crippen LogP contribution in [-0.4, -0.2) is 44.6 Å². The van der Waals surface area contributed by atoms with Crippen molar-refractivity contribution in [3.05, 3.63) is 42.0 Å². The highest BCUT2D eigenvalue weighted by Crippen LogP contribution is 2.33. The van der Waals surface area contributed by atoms with E-state index >= 15 is 0 Å². The smallest absolute Gasteiger partial charge is 0.406 e. The van der Waals surface area contributed by atoms with Crippen LogP contribution < -0.4 is 15.4 Å². The molecule has 0 atom stereocenters. The van der Waals surface area contributed by atoms with E-state index in [0.29, 0.717) is 44.8 Å². The van der Waals surface area contributed by atoms with Crippen molar-refractivity contribution < 1.29 is 27.8 Å². The first-order valence-electron chi connectivity index (χ1n) is 11.5. The summed E-state index contributed by atoms with van der Waals surface area (Å²) in [6.07, 6.45) is -1.64. The van der Waals surface area contributed by atoms with Gasteiger partial charge in [0.05, 0.1) is 27.4 Å². The van der Waals surface area contributed by atoms with Gasteiger partial charge in [0.2, 0.25) is 5.95 Å². The second kappa shape index (κ2) is 9.58. The van der Waals surface area contributed by atoms with Crippen molar-refractivity contribution >= 4 is 49.6 Å². The zero-order chi connectivity index (χ0) is 25.4. The van der Waals surface area contributed by atoms with Crippen molar-refractivity contribution in [2.75, 3.05) is 11.9 Å². The molecule has 3 N–H and O–H groups in total. The molecule has 4 aromatic rings. The molecule has 12 heteroatoms. The number of ether oxygens (including phenoxy) is 1. The van der Waals surface area contributed by atoms with E-state index in [2.05, 4.69) is 25.3 Å². The first kappa shape index (κ1) is 24.3. The standard InChI is InChI=1S/C24H24F3N5O3S/c1-32-19-9-4-14(21(34)28-12-13-2-5-15(33)6-3-13)10-18(19)29-22(32)31-23-30-17-8-7-16(11-20(17)36-23)35-24(25,26)27/h4,7-11,13,15,33H,2-3,5-6,12H2,1H3,(H,28,34)(H,29,30,31)/t13-,15-. The number of alkyl halides is 3. The maximum absolute atomic E-state index is 12.7. The van der Waals surface area contributed by atoms with E-state index in [1.165, 1.54) is 29.5 Å². The van der Waals surface area contributed by atoms with E-state index in [9.17, 15) is 23.1 Å². The van der Waals surface area contributed by atoms with E-state index in [-0.39, 0.29) is 17.8 Å². The number of aliphatic hydroxyl groups is 1. The minimum absolute atomic E-state index is 0.175. The minimum Gasteiger partial charge on any atom is -0.406 e. The lowest BCUT2D eigenvalue weighted by Crippen LogP contribution is -2.32. The number of aromatic nitrogens is 3. The topological polar surface area (TPSA) is 101 Å². The van der Waals surface area contributed by atoms with E-state index in [1.807, 2.05) is 17.7 Å². The second-order valence-corrected chi connectivity index (χ2v) is 9.93. The number of thiazole rings is 1. The Labute approximate surface area is 208 Å². The molecule has 5 rings (SSSR count). The maximum atomic E-state index is 12.7. The number of carbonyl (C=O) groups is 1. The zero-order valence-electron chi connectivity index (χ0n) is 19.3. The molecule has 1 fully saturated rings. The number of aliphatic hydroxyl groups excluding tert-OH is 1. The average molecular weight is 520 g/mol. The molecule has 0 spiro atoms. The number of nitrogens with one attached hydrogen (secondary N) is 2. The summed E-state index contributed by atoms with van der Waals surface area (Å²) in [6, 6.07) is 9.26. The molecular weight excluding hydrogens is 495 g/mol. The number of nitrogens with zero attached hydrogens (tertiary/aromatic N) is 3. The Morgan fingerprint density at radius 3 is 2.67 bits per heavy atom. The highest BCUT2D eigenvalue weighted by atomic mass is 32.1. The van der Waals surface area contributed by atoms with Gasteiger partial charge in [0.25, 0.3) is 5.91 Å². The third-order valence-corrected chi connectivity index (χ3v) is 7.26. The Kier molecular flexibility index (Phi) is 6.47. The van der Waals surface area contributed by atoms with Gasteiger partial charge in [-0.25, -0.2) is 9.97 Å². The quantitative estimate of drug-likeness (QED) is 0.328. The molecule has 36 heavy (non-hydrogen) atoms. The Hall–Kier alpha value is -3.38. The summed E-state index contributed by atoms with van der Waals surface area (Å²) >= 11 is 1.18. The minimum atomic E-state index is -4.76. The van der Waals surface area contributed by atoms with Crippen molar-refractivity contribution in [1.82, 2.24) is 19.9 Å². The van der Waals surface area contributed by atoms with Gasteiger partial charge in [0.1, 0.15) is 5.75 Å². The van der Waals surface area contributed by atoms with Gasteiger partial charge in [-0.2, -0.15) is 0 Å². The molecule has 2 aromatic heterocycles. The zero-order valence-corrected chi connectivity index (χ0v) is 20.1. The van der Waals surface area contributed by atoms with Crippen LogP contribution in [-0.2, 0) is 7.05 Å². The molecular formula is C24H24F3N5O3S. The fourth-order valence-electron chi connectivity index (χ4n) is 4.39. The van der Waals surface area contributed by atoms with E-state index < -0.39 is 6.36 Å². The highest BCUT2D eigenvalue weighted by molar-refractivity contribution is 7.22. The van der Waals surface area contributed by atoms with Crippen LogP contribution in [0.4, 0.5) is 24.3 Å². The molecule has 1 aliphatic rings. The summed E-state index contributed by atoms with van der Waals surface area (Å²) in [5, 5.41) is 16.2. The number of hydrogen-bond acceptors (Lipinski definition) is 7. The second-order valence-electron chi connectivity index (χ2n) is 8.90. The van der Waals surface area contributed by atoms with Crippen LogP contribution in [0.5, 0.6) is 5.75 Å². The van der Waals surface area contributed by atoms with Crippen LogP contribution in [0.25, 0.3) is 21.3 Å². The fourth-order valence-corrected chi connectivity index (χ4v) is 5.28. The number of halogens is 3. The van der Waals surface area contributed by atoms with Crippen LogP contribution in [0.1, 0.15) is 36.0 Å². The largest absolute Gasteiger partial charge is 0.573 e. The average Bonchev–Trinajstić information content (AvgIpc) is 3.37. The molecule has 1 aliphatic carbocycles. The van der Waals surface area contributed by atoms with Gasteiger partial charge in [-0.15, -0.1) is 13.2 Å². The van der Waals surface area contributed by atoms with E-state index in [4.69, 9.17) is 0 Å². The van der Waals surface area contributed by atoms with E-state index in [0.717, 1.165) is 31.2 Å². The monoisotopic (exact) mass is 519 g/mol. The van der Waals surface area contributed by atoms with Crippen molar-refractivity contribution in [3.63, 3.8) is 0 Å². The number of rotatable bonds is 6. The molecule has 0 unspecified atom stereocenters. The Morgan fingerprint density at radius 1 is 1.14 bits per heavy atom. The molecule has 0 aliphatic heterocycles. The van der Waals surface area contributed by atoms with Gasteiger partial charge >= 0.3 is 6.36 Å². The lowest BCUT2D eigenvalue weighted by Gasteiger charge is -2.25. The molecule has 8 nitrogen and oxygen atoms in total. The van der Waals surface area contributed by atoms with Gasteiger partial charge < -0.3 is 25.0 Å². The van der Waals surface area contributed by atoms with Crippen molar-refractivity contribution in [1.29, 1.82) is 0 Å². The predicted octanol–water partition coefficient (Wildman–Crippen LogP) is 5.11. The summed E-state index contributed by atoms with van der Waals surface area (Å²) in [7, 11) is 1.82. The van der Waals surface area contributed by atoms with E-state index in [1.54, 1.807) is 12.1 Å². The maximum Gasteiger partial charge on any atom is 0.573 e. The number of fused-ring (bicyclic) bond motifs is 2. The molecule has 190 valence electrons. The number of carbonyl (C=O) groups excluding carboxylic acids is 1. The Bertz CT molecular complexity index is 1410. The number of aryl methyl sites for hydroxylation is 1. The van der Waals surface area contributed by atoms with Crippen LogP contribution in [0.2, 0.25) is 0 Å². The number of benzene rings is 2. The lowest BCUT2D eigenvalue weighted by molar-refractivity contribution is -0.274. The Balaban J connectivity index is 1.30. The first-order chi connectivity index (χ1) is 17.1. The van der Waals surface area contributed by atoms with Crippen LogP contribution in [0.3, 0.4) is 0 Å². The summed E-state index contributed by atoms with van der Waals surface area (Å²) in [5.74, 6) is 0.372. The van der Waals surface area contributed by atoms with Crippen molar-refractivity contribution in [3.8, 4) is 5.75 Å². The third kappa shape index (κ3) is 5.39. The summed E-state index contributed by atoms with van der Waals surface area (Å²) in [4.78, 5) is 21.7. The van der Waals surface area contributed by atoms with Crippen LogP contribution in [0, 0.1) is 5.92 Å². The van der Waals surface area contributed by atoms with Gasteiger partial charge in [-0.05, 0) is 61.9 Å². The van der Waals surface area contributed by atoms with Gasteiger partial charge in [-0.3, -0.25) is 4.79 Å². The van der Waals surface area contributed by atoms with Gasteiger partial charge in [0, 0.05) is 25.2 Å². The third-order valence-electron chi connectivity index (χ3n) is 6.32. The Morgan fingerprint density at radius 2 is 1.92 bits per heavy atom. The first-order valence-corrected chi connectivity index (χ1v) is 12.3. The number of anilines is 2. The van der Waals surface area contributed by atoms with Crippen LogP contribution >= 0.6 is 11.3 Å². The number of amides is 1. The van der Waals surface area contributed by atoms with Crippen molar-refractivity contribution in [2.24, 2.45) is 13.0 Å². The van der Waals surface area contributed by atoms with Gasteiger partial charge in [0.15, 0.2) is 5.13 Å². The highest BCUT2D eigenvalue weighted by Gasteiger charge is 2.31. The summed E-state index contributed by atoms with van der Waals surface area (Å²) in [5.41, 5.74) is 2.45. The predicted molar refractivity (Wildman–Crippen MR) is 131 cm³/mol. The molecule has 1 saturated carbocycles. The molecule has 2 heterocycles. The molecule has 2 aromatic carbocycles. The SMILES string of the molecule is Cn1c(Nc2nc3ccc(OC(F)(F)F)cc3s2)nc2cc(C(=O)NC[C@H]3CC[C@H](O)CC3)ccc21. The number of hydrogen-bond donors (Lipinski definition) is 3. The summed E-state index contributed by atoms with van der Waals surface area (Å²) in [6.45, 7) is 0.575. The van der Waals surface area contributed by atoms with Gasteiger partial charge in [-0.1, -0.05) is 11.3 Å². The summed E-state index contributed by atoms with van der Waals surface area (Å²) < 4.78 is 43.9. The van der Waals surface area contributed by atoms with Crippen LogP contribution in [0.15, 0.2) is 36.4 Å². The van der Waals surface area contributed by atoms with Crippen molar-refractivity contribution in [2.45, 2.75) is 38.1 Å². The molecule has 0 bridgehead atoms. The fraction of sp³-hybridized carbons (Fsp3) is 0.375.